The molecule has 4 rings (SSSR count). The number of hydrogen-bond donors (Lipinski definition) is 0. The van der Waals surface area contributed by atoms with Crippen molar-refractivity contribution in [2.24, 2.45) is 0 Å². The second-order valence-electron chi connectivity index (χ2n) is 7.84. The van der Waals surface area contributed by atoms with Crippen LogP contribution in [-0.2, 0) is 26.2 Å². The molecule has 0 saturated heterocycles. The number of alkyl halides is 3. The van der Waals surface area contributed by atoms with Crippen LogP contribution in [0.2, 0.25) is 0 Å². The Labute approximate surface area is 200 Å². The van der Waals surface area contributed by atoms with Crippen molar-refractivity contribution in [1.82, 2.24) is 4.57 Å². The van der Waals surface area contributed by atoms with Gasteiger partial charge in [-0.25, -0.2) is 4.39 Å². The summed E-state index contributed by atoms with van der Waals surface area (Å²) in [6.07, 6.45) is -4.16. The molecule has 4 aromatic rings. The van der Waals surface area contributed by atoms with Crippen molar-refractivity contribution in [3.8, 4) is 5.69 Å². The Balaban J connectivity index is 2.07. The molecule has 9 heteroatoms. The molecule has 0 saturated carbocycles. The minimum Gasteiger partial charge on any atom is -0.306 e. The molecule has 0 N–H and O–H groups in total. The molecular formula is C26H24F4NO3P. The van der Waals surface area contributed by atoms with Crippen LogP contribution in [0.1, 0.15) is 30.7 Å². The fraction of sp³-hybridized carbons (Fsp3) is 0.231. The summed E-state index contributed by atoms with van der Waals surface area (Å²) < 4.78 is 81.0. The van der Waals surface area contributed by atoms with E-state index < -0.39 is 25.2 Å². The highest BCUT2D eigenvalue weighted by molar-refractivity contribution is 7.62. The van der Waals surface area contributed by atoms with Crippen LogP contribution < -0.4 is 5.44 Å². The number of nitrogens with zero attached hydrogens (tertiary/aromatic N) is 1. The first-order valence-corrected chi connectivity index (χ1v) is 12.7. The third kappa shape index (κ3) is 5.06. The summed E-state index contributed by atoms with van der Waals surface area (Å²) in [5, 5.41) is 0.922. The molecule has 35 heavy (non-hydrogen) atoms. The van der Waals surface area contributed by atoms with Crippen molar-refractivity contribution in [3.05, 3.63) is 95.4 Å². The van der Waals surface area contributed by atoms with Gasteiger partial charge in [-0.3, -0.25) is 4.57 Å². The van der Waals surface area contributed by atoms with E-state index in [2.05, 4.69) is 0 Å². The molecule has 1 aromatic heterocycles. The monoisotopic (exact) mass is 505 g/mol. The van der Waals surface area contributed by atoms with Gasteiger partial charge in [0.2, 0.25) is 0 Å². The lowest BCUT2D eigenvalue weighted by Crippen LogP contribution is -2.21. The SMILES string of the molecule is CCOP(=O)(OCC)c1c2cc(F)ccc2c(Cc2ccccc2)n1-c1ccc(C(F)(F)F)cc1. The maximum absolute atomic E-state index is 14.4. The van der Waals surface area contributed by atoms with Crippen molar-refractivity contribution in [2.75, 3.05) is 13.2 Å². The molecule has 0 aliphatic rings. The maximum atomic E-state index is 14.4. The van der Waals surface area contributed by atoms with E-state index in [0.717, 1.165) is 17.7 Å². The van der Waals surface area contributed by atoms with Crippen LogP contribution in [0.3, 0.4) is 0 Å². The Bertz CT molecular complexity index is 1360. The van der Waals surface area contributed by atoms with Crippen LogP contribution in [-0.4, -0.2) is 17.8 Å². The smallest absolute Gasteiger partial charge is 0.306 e. The van der Waals surface area contributed by atoms with Crippen molar-refractivity contribution in [3.63, 3.8) is 0 Å². The Hall–Kier alpha value is -2.93. The highest BCUT2D eigenvalue weighted by Crippen LogP contribution is 2.50. The molecule has 0 spiro atoms. The summed E-state index contributed by atoms with van der Waals surface area (Å²) in [7, 11) is -3.99. The van der Waals surface area contributed by atoms with Crippen LogP contribution in [0.15, 0.2) is 72.8 Å². The Morgan fingerprint density at radius 1 is 0.857 bits per heavy atom. The largest absolute Gasteiger partial charge is 0.416 e. The molecule has 0 aliphatic carbocycles. The predicted molar refractivity (Wildman–Crippen MR) is 128 cm³/mol. The number of benzene rings is 3. The van der Waals surface area contributed by atoms with E-state index in [9.17, 15) is 22.1 Å². The topological polar surface area (TPSA) is 40.5 Å². The molecule has 1 heterocycles. The van der Waals surface area contributed by atoms with Gasteiger partial charge in [-0.2, -0.15) is 13.2 Å². The van der Waals surface area contributed by atoms with Gasteiger partial charge in [-0.15, -0.1) is 0 Å². The zero-order chi connectivity index (χ0) is 25.2. The van der Waals surface area contributed by atoms with Gasteiger partial charge in [0.1, 0.15) is 11.3 Å². The Morgan fingerprint density at radius 2 is 1.49 bits per heavy atom. The van der Waals surface area contributed by atoms with Gasteiger partial charge < -0.3 is 13.6 Å². The minimum atomic E-state index is -4.51. The lowest BCUT2D eigenvalue weighted by atomic mass is 10.1. The lowest BCUT2D eigenvalue weighted by Gasteiger charge is -2.21. The second-order valence-corrected chi connectivity index (χ2v) is 9.77. The number of aromatic nitrogens is 1. The summed E-state index contributed by atoms with van der Waals surface area (Å²) in [5.74, 6) is -0.547. The molecular weight excluding hydrogens is 481 g/mol. The first-order valence-electron chi connectivity index (χ1n) is 11.1. The van der Waals surface area contributed by atoms with Gasteiger partial charge in [0, 0.05) is 28.6 Å². The average Bonchev–Trinajstić information content (AvgIpc) is 3.13. The third-order valence-corrected chi connectivity index (χ3v) is 7.70. The van der Waals surface area contributed by atoms with Gasteiger partial charge in [-0.05, 0) is 61.9 Å². The lowest BCUT2D eigenvalue weighted by molar-refractivity contribution is -0.137. The van der Waals surface area contributed by atoms with Crippen molar-refractivity contribution >= 4 is 23.8 Å². The number of halogens is 4. The number of rotatable bonds is 8. The van der Waals surface area contributed by atoms with Gasteiger partial charge >= 0.3 is 13.8 Å². The molecule has 0 amide bonds. The quantitative estimate of drug-likeness (QED) is 0.187. The predicted octanol–water partition coefficient (Wildman–Crippen LogP) is 7.27. The van der Waals surface area contributed by atoms with Crippen LogP contribution in [0, 0.1) is 5.82 Å². The summed E-state index contributed by atoms with van der Waals surface area (Å²) >= 11 is 0. The van der Waals surface area contributed by atoms with Crippen LogP contribution >= 0.6 is 7.60 Å². The maximum Gasteiger partial charge on any atom is 0.416 e. The molecule has 0 fully saturated rings. The minimum absolute atomic E-state index is 0.0559. The van der Waals surface area contributed by atoms with Crippen molar-refractivity contribution in [2.45, 2.75) is 26.4 Å². The van der Waals surface area contributed by atoms with Crippen LogP contribution in [0.25, 0.3) is 16.5 Å². The second kappa shape index (κ2) is 9.97. The van der Waals surface area contributed by atoms with Gasteiger partial charge in [0.05, 0.1) is 18.8 Å². The Morgan fingerprint density at radius 3 is 2.06 bits per heavy atom. The van der Waals surface area contributed by atoms with Gasteiger partial charge in [0.25, 0.3) is 0 Å². The highest BCUT2D eigenvalue weighted by atomic mass is 31.2. The summed E-state index contributed by atoms with van der Waals surface area (Å²) in [6, 6.07) is 18.1. The van der Waals surface area contributed by atoms with Crippen molar-refractivity contribution in [1.29, 1.82) is 0 Å². The van der Waals surface area contributed by atoms with E-state index in [0.29, 0.717) is 28.6 Å². The fourth-order valence-corrected chi connectivity index (χ4v) is 6.09. The van der Waals surface area contributed by atoms with Gasteiger partial charge in [0.15, 0.2) is 0 Å². The van der Waals surface area contributed by atoms with E-state index in [4.69, 9.17) is 9.05 Å². The average molecular weight is 505 g/mol. The number of fused-ring (bicyclic) bond motifs is 1. The molecule has 0 radical (unpaired) electrons. The molecule has 0 bridgehead atoms. The first-order chi connectivity index (χ1) is 16.7. The van der Waals surface area contributed by atoms with Crippen LogP contribution in [0.5, 0.6) is 0 Å². The summed E-state index contributed by atoms with van der Waals surface area (Å²) in [4.78, 5) is 0. The molecule has 4 nitrogen and oxygen atoms in total. The van der Waals surface area contributed by atoms with E-state index >= 15 is 0 Å². The van der Waals surface area contributed by atoms with E-state index in [1.165, 1.54) is 24.3 Å². The standard InChI is InChI=1S/C26H24F4NO3P/c1-3-33-35(32,34-4-2)25-23-17-20(27)12-15-22(23)24(16-18-8-6-5-7-9-18)31(25)21-13-10-19(11-14-21)26(28,29)30/h5-15,17H,3-4,16H2,1-2H3. The van der Waals surface area contributed by atoms with E-state index in [-0.39, 0.29) is 18.6 Å². The van der Waals surface area contributed by atoms with Crippen LogP contribution in [0.4, 0.5) is 17.6 Å². The molecule has 0 aliphatic heterocycles. The molecule has 0 atom stereocenters. The highest BCUT2D eigenvalue weighted by Gasteiger charge is 2.36. The summed E-state index contributed by atoms with van der Waals surface area (Å²) in [6.45, 7) is 3.43. The third-order valence-electron chi connectivity index (χ3n) is 5.54. The molecule has 0 unspecified atom stereocenters. The van der Waals surface area contributed by atoms with Gasteiger partial charge in [-0.1, -0.05) is 30.3 Å². The zero-order valence-corrected chi connectivity index (χ0v) is 20.1. The normalized spacial score (nSPS) is 12.4. The first kappa shape index (κ1) is 25.2. The van der Waals surface area contributed by atoms with E-state index in [1.807, 2.05) is 30.3 Å². The Kier molecular flexibility index (Phi) is 7.17. The summed E-state index contributed by atoms with van der Waals surface area (Å²) in [5.41, 5.74) is 1.14. The fourth-order valence-electron chi connectivity index (χ4n) is 4.13. The van der Waals surface area contributed by atoms with Crippen molar-refractivity contribution < 1.29 is 31.2 Å². The molecule has 184 valence electrons. The zero-order valence-electron chi connectivity index (χ0n) is 19.2. The number of hydrogen-bond acceptors (Lipinski definition) is 3. The molecule has 3 aromatic carbocycles. The van der Waals surface area contributed by atoms with E-state index in [1.54, 1.807) is 24.5 Å².